The second kappa shape index (κ2) is 3.75. The maximum absolute atomic E-state index is 4.93. The Labute approximate surface area is 70.7 Å². The Morgan fingerprint density at radius 3 is 2.50 bits per heavy atom. The topological polar surface area (TPSA) is 56.3 Å². The van der Waals surface area contributed by atoms with Gasteiger partial charge in [-0.1, -0.05) is 0 Å². The third-order valence-electron chi connectivity index (χ3n) is 1.33. The summed E-state index contributed by atoms with van der Waals surface area (Å²) in [7, 11) is 4.82. The zero-order chi connectivity index (χ0) is 8.97. The van der Waals surface area contributed by atoms with Crippen molar-refractivity contribution in [3.05, 3.63) is 6.07 Å². The molecule has 0 amide bonds. The van der Waals surface area contributed by atoms with Crippen molar-refractivity contribution in [1.29, 1.82) is 0 Å². The number of rotatable bonds is 3. The van der Waals surface area contributed by atoms with E-state index in [0.29, 0.717) is 17.7 Å². The van der Waals surface area contributed by atoms with Crippen molar-refractivity contribution in [2.24, 2.45) is 0 Å². The van der Waals surface area contributed by atoms with Crippen LogP contribution in [0.3, 0.4) is 0 Å². The van der Waals surface area contributed by atoms with Crippen LogP contribution in [0.25, 0.3) is 0 Å². The lowest BCUT2D eigenvalue weighted by Crippen LogP contribution is -1.99. The Balaban J connectivity index is 3.01. The normalized spacial score (nSPS) is 9.25. The maximum Gasteiger partial charge on any atom is 0.321 e. The molecule has 1 aromatic rings. The van der Waals surface area contributed by atoms with Crippen LogP contribution in [-0.4, -0.2) is 31.2 Å². The van der Waals surface area contributed by atoms with Gasteiger partial charge in [0.25, 0.3) is 0 Å². The van der Waals surface area contributed by atoms with Crippen LogP contribution in [0.2, 0.25) is 0 Å². The van der Waals surface area contributed by atoms with Crippen LogP contribution in [0.4, 0.5) is 5.82 Å². The molecule has 5 heteroatoms. The van der Waals surface area contributed by atoms with Crippen LogP contribution in [0.15, 0.2) is 6.07 Å². The first-order valence-corrected chi connectivity index (χ1v) is 3.45. The van der Waals surface area contributed by atoms with E-state index in [1.807, 2.05) is 0 Å². The Morgan fingerprint density at radius 2 is 2.00 bits per heavy atom. The molecule has 0 spiro atoms. The highest BCUT2D eigenvalue weighted by molar-refractivity contribution is 5.38. The number of ether oxygens (including phenoxy) is 2. The van der Waals surface area contributed by atoms with Crippen LogP contribution in [0.1, 0.15) is 0 Å². The predicted octanol–water partition coefficient (Wildman–Crippen LogP) is 0.535. The van der Waals surface area contributed by atoms with E-state index in [1.54, 1.807) is 20.2 Å². The van der Waals surface area contributed by atoms with Gasteiger partial charge in [0.05, 0.1) is 14.2 Å². The zero-order valence-corrected chi connectivity index (χ0v) is 7.29. The summed E-state index contributed by atoms with van der Waals surface area (Å²) in [4.78, 5) is 7.92. The van der Waals surface area contributed by atoms with E-state index in [-0.39, 0.29) is 0 Å². The molecule has 0 atom stereocenters. The molecule has 0 aliphatic carbocycles. The fourth-order valence-corrected chi connectivity index (χ4v) is 0.728. The van der Waals surface area contributed by atoms with Crippen molar-refractivity contribution in [3.63, 3.8) is 0 Å². The van der Waals surface area contributed by atoms with E-state index in [1.165, 1.54) is 7.11 Å². The SMILES string of the molecule is CNc1cc(OC)nc(OC)n1. The molecular formula is C7H11N3O2. The van der Waals surface area contributed by atoms with E-state index in [4.69, 9.17) is 9.47 Å². The molecule has 1 aromatic heterocycles. The predicted molar refractivity (Wildman–Crippen MR) is 44.7 cm³/mol. The molecule has 1 heterocycles. The highest BCUT2D eigenvalue weighted by atomic mass is 16.5. The van der Waals surface area contributed by atoms with E-state index >= 15 is 0 Å². The number of methoxy groups -OCH3 is 2. The van der Waals surface area contributed by atoms with Crippen molar-refractivity contribution in [3.8, 4) is 11.9 Å². The highest BCUT2D eigenvalue weighted by Gasteiger charge is 2.02. The van der Waals surface area contributed by atoms with E-state index < -0.39 is 0 Å². The molecule has 1 N–H and O–H groups in total. The number of anilines is 1. The lowest BCUT2D eigenvalue weighted by molar-refractivity contribution is 0.353. The van der Waals surface area contributed by atoms with E-state index in [9.17, 15) is 0 Å². The molecule has 0 saturated carbocycles. The van der Waals surface area contributed by atoms with Gasteiger partial charge in [0.15, 0.2) is 0 Å². The lowest BCUT2D eigenvalue weighted by Gasteiger charge is -2.04. The van der Waals surface area contributed by atoms with Crippen LogP contribution in [-0.2, 0) is 0 Å². The van der Waals surface area contributed by atoms with E-state index in [0.717, 1.165) is 0 Å². The summed E-state index contributed by atoms with van der Waals surface area (Å²) in [5.41, 5.74) is 0. The summed E-state index contributed by atoms with van der Waals surface area (Å²) in [5.74, 6) is 1.14. The van der Waals surface area contributed by atoms with Crippen molar-refractivity contribution >= 4 is 5.82 Å². The number of hydrogen-bond donors (Lipinski definition) is 1. The van der Waals surface area contributed by atoms with Gasteiger partial charge < -0.3 is 14.8 Å². The molecule has 5 nitrogen and oxygen atoms in total. The Hall–Kier alpha value is -1.52. The van der Waals surface area contributed by atoms with Gasteiger partial charge in [-0.2, -0.15) is 9.97 Å². The second-order valence-corrected chi connectivity index (χ2v) is 2.03. The minimum absolute atomic E-state index is 0.290. The first kappa shape index (κ1) is 8.58. The summed E-state index contributed by atoms with van der Waals surface area (Å²) in [6.07, 6.45) is 0. The summed E-state index contributed by atoms with van der Waals surface area (Å²) in [6, 6.07) is 1.97. The van der Waals surface area contributed by atoms with Gasteiger partial charge in [0, 0.05) is 13.1 Å². The molecule has 0 saturated heterocycles. The summed E-state index contributed by atoms with van der Waals surface area (Å²) in [6.45, 7) is 0. The van der Waals surface area contributed by atoms with Crippen LogP contribution in [0.5, 0.6) is 11.9 Å². The minimum Gasteiger partial charge on any atom is -0.481 e. The first-order valence-electron chi connectivity index (χ1n) is 3.45. The van der Waals surface area contributed by atoms with Crippen molar-refractivity contribution in [2.45, 2.75) is 0 Å². The van der Waals surface area contributed by atoms with Crippen LogP contribution < -0.4 is 14.8 Å². The van der Waals surface area contributed by atoms with Crippen LogP contribution >= 0.6 is 0 Å². The monoisotopic (exact) mass is 169 g/mol. The van der Waals surface area contributed by atoms with Gasteiger partial charge >= 0.3 is 6.01 Å². The molecule has 12 heavy (non-hydrogen) atoms. The lowest BCUT2D eigenvalue weighted by atomic mass is 10.5. The molecular weight excluding hydrogens is 158 g/mol. The Morgan fingerprint density at radius 1 is 1.25 bits per heavy atom. The molecule has 66 valence electrons. The third-order valence-corrected chi connectivity index (χ3v) is 1.33. The van der Waals surface area contributed by atoms with Gasteiger partial charge in [0.2, 0.25) is 5.88 Å². The highest BCUT2D eigenvalue weighted by Crippen LogP contribution is 2.15. The molecule has 0 aliphatic rings. The number of aromatic nitrogens is 2. The van der Waals surface area contributed by atoms with Gasteiger partial charge in [-0.15, -0.1) is 0 Å². The minimum atomic E-state index is 0.290. The largest absolute Gasteiger partial charge is 0.481 e. The molecule has 0 radical (unpaired) electrons. The van der Waals surface area contributed by atoms with Crippen molar-refractivity contribution in [1.82, 2.24) is 9.97 Å². The summed E-state index contributed by atoms with van der Waals surface area (Å²) in [5, 5.41) is 2.87. The fourth-order valence-electron chi connectivity index (χ4n) is 0.728. The summed E-state index contributed by atoms with van der Waals surface area (Å²) >= 11 is 0. The molecule has 1 rings (SSSR count). The average molecular weight is 169 g/mol. The van der Waals surface area contributed by atoms with Crippen LogP contribution in [0, 0.1) is 0 Å². The maximum atomic E-state index is 4.93. The van der Waals surface area contributed by atoms with Gasteiger partial charge in [-0.3, -0.25) is 0 Å². The number of hydrogen-bond acceptors (Lipinski definition) is 5. The third kappa shape index (κ3) is 1.75. The quantitative estimate of drug-likeness (QED) is 0.715. The molecule has 0 fully saturated rings. The van der Waals surface area contributed by atoms with E-state index in [2.05, 4.69) is 15.3 Å². The number of nitrogens with one attached hydrogen (secondary N) is 1. The smallest absolute Gasteiger partial charge is 0.321 e. The fraction of sp³-hybridized carbons (Fsp3) is 0.429. The molecule has 0 bridgehead atoms. The van der Waals surface area contributed by atoms with Gasteiger partial charge in [0.1, 0.15) is 5.82 Å². The van der Waals surface area contributed by atoms with Gasteiger partial charge in [-0.05, 0) is 0 Å². The summed E-state index contributed by atoms with van der Waals surface area (Å²) < 4.78 is 9.78. The van der Waals surface area contributed by atoms with Crippen molar-refractivity contribution < 1.29 is 9.47 Å². The first-order chi connectivity index (χ1) is 5.80. The second-order valence-electron chi connectivity index (χ2n) is 2.03. The number of nitrogens with zero attached hydrogens (tertiary/aromatic N) is 2. The Kier molecular flexibility index (Phi) is 2.68. The average Bonchev–Trinajstić information content (AvgIpc) is 2.16. The van der Waals surface area contributed by atoms with Gasteiger partial charge in [-0.25, -0.2) is 0 Å². The molecule has 0 unspecified atom stereocenters. The molecule has 0 aromatic carbocycles. The van der Waals surface area contributed by atoms with Crippen molar-refractivity contribution in [2.75, 3.05) is 26.6 Å². The standard InChI is InChI=1S/C7H11N3O2/c1-8-5-4-6(11-2)10-7(9-5)12-3/h4H,1-3H3,(H,8,9,10). The zero-order valence-electron chi connectivity index (χ0n) is 7.29. The Bertz CT molecular complexity index is 210. The molecule has 0 aliphatic heterocycles.